The average molecular weight is 309 g/mol. The van der Waals surface area contributed by atoms with E-state index >= 15 is 0 Å². The number of benzene rings is 1. The van der Waals surface area contributed by atoms with Gasteiger partial charge in [-0.15, -0.1) is 5.10 Å². The maximum absolute atomic E-state index is 11.4. The minimum absolute atomic E-state index is 0.117. The molecule has 1 fully saturated rings. The molecule has 0 saturated carbocycles. The zero-order valence-electron chi connectivity index (χ0n) is 11.4. The summed E-state index contributed by atoms with van der Waals surface area (Å²) in [4.78, 5) is 15.4. The third-order valence-electron chi connectivity index (χ3n) is 3.47. The summed E-state index contributed by atoms with van der Waals surface area (Å²) in [6.07, 6.45) is 3.13. The highest BCUT2D eigenvalue weighted by molar-refractivity contribution is 8.12. The number of carbonyl (C=O) groups is 1. The fraction of sp³-hybridized carbons (Fsp3) is 0.0667. The molecule has 0 aliphatic carbocycles. The van der Waals surface area contributed by atoms with Crippen molar-refractivity contribution in [1.29, 1.82) is 0 Å². The van der Waals surface area contributed by atoms with Crippen LogP contribution < -0.4 is 10.0 Å². The van der Waals surface area contributed by atoms with Crippen LogP contribution in [0.15, 0.2) is 48.8 Å². The van der Waals surface area contributed by atoms with E-state index in [4.69, 9.17) is 0 Å². The number of hydrogen-bond acceptors (Lipinski definition) is 6. The average Bonchev–Trinajstić information content (AvgIpc) is 3.01. The minimum atomic E-state index is -0.332. The molecule has 1 aliphatic heterocycles. The first-order valence-corrected chi connectivity index (χ1v) is 7.53. The van der Waals surface area contributed by atoms with Crippen LogP contribution in [0.5, 0.6) is 0 Å². The summed E-state index contributed by atoms with van der Waals surface area (Å²) in [5, 5.41) is 13.4. The van der Waals surface area contributed by atoms with Crippen LogP contribution in [0.4, 0.5) is 4.79 Å². The molecule has 0 bridgehead atoms. The molecule has 0 spiro atoms. The monoisotopic (exact) mass is 309 g/mol. The van der Waals surface area contributed by atoms with Gasteiger partial charge in [0.15, 0.2) is 0 Å². The van der Waals surface area contributed by atoms with Crippen molar-refractivity contribution in [3.05, 3.63) is 54.5 Å². The predicted octanol–water partition coefficient (Wildman–Crippen LogP) is 2.65. The van der Waals surface area contributed by atoms with Crippen LogP contribution in [0.2, 0.25) is 0 Å². The largest absolute Gasteiger partial charge is 0.324 e. The first kappa shape index (κ1) is 13.2. The Kier molecular flexibility index (Phi) is 3.21. The van der Waals surface area contributed by atoms with Crippen LogP contribution in [-0.4, -0.2) is 20.4 Å². The zero-order valence-corrected chi connectivity index (χ0v) is 12.2. The lowest BCUT2D eigenvalue weighted by Crippen LogP contribution is -2.24. The third-order valence-corrected chi connectivity index (χ3v) is 4.13. The fourth-order valence-corrected chi connectivity index (χ4v) is 3.05. The van der Waals surface area contributed by atoms with Gasteiger partial charge in [-0.2, -0.15) is 5.10 Å². The highest BCUT2D eigenvalue weighted by Gasteiger charge is 2.26. The Labute approximate surface area is 130 Å². The lowest BCUT2D eigenvalue weighted by molar-refractivity contribution is 0.259. The van der Waals surface area contributed by atoms with Crippen LogP contribution in [0, 0.1) is 0 Å². The molecule has 1 saturated heterocycles. The molecule has 3 aromatic rings. The van der Waals surface area contributed by atoms with Crippen molar-refractivity contribution in [2.45, 2.75) is 6.17 Å². The second-order valence-electron chi connectivity index (χ2n) is 4.80. The first-order valence-electron chi connectivity index (χ1n) is 6.71. The van der Waals surface area contributed by atoms with Gasteiger partial charge in [0.1, 0.15) is 17.6 Å². The van der Waals surface area contributed by atoms with Crippen LogP contribution in [-0.2, 0) is 0 Å². The van der Waals surface area contributed by atoms with Gasteiger partial charge in [0.05, 0.1) is 0 Å². The van der Waals surface area contributed by atoms with Crippen molar-refractivity contribution in [3.8, 4) is 11.3 Å². The zero-order chi connectivity index (χ0) is 14.9. The van der Waals surface area contributed by atoms with Crippen molar-refractivity contribution < 1.29 is 4.79 Å². The van der Waals surface area contributed by atoms with Gasteiger partial charge in [-0.1, -0.05) is 24.3 Å². The molecular formula is C15H11N5OS. The summed E-state index contributed by atoms with van der Waals surface area (Å²) in [7, 11) is 0. The maximum atomic E-state index is 11.4. The molecule has 1 amide bonds. The molecule has 1 aromatic carbocycles. The van der Waals surface area contributed by atoms with Crippen LogP contribution in [0.25, 0.3) is 22.0 Å². The fourth-order valence-electron chi connectivity index (χ4n) is 2.47. The van der Waals surface area contributed by atoms with E-state index in [0.717, 1.165) is 34.0 Å². The van der Waals surface area contributed by atoms with E-state index in [1.165, 1.54) is 0 Å². The molecular weight excluding hydrogens is 298 g/mol. The number of nitrogens with one attached hydrogen (secondary N) is 2. The molecule has 2 aromatic heterocycles. The third kappa shape index (κ3) is 2.20. The van der Waals surface area contributed by atoms with Crippen molar-refractivity contribution in [2.75, 3.05) is 0 Å². The lowest BCUT2D eigenvalue weighted by Gasteiger charge is -2.13. The lowest BCUT2D eigenvalue weighted by atomic mass is 10.0. The predicted molar refractivity (Wildman–Crippen MR) is 84.8 cm³/mol. The summed E-state index contributed by atoms with van der Waals surface area (Å²) in [5.74, 6) is 0. The van der Waals surface area contributed by atoms with Crippen LogP contribution in [0.1, 0.15) is 11.9 Å². The van der Waals surface area contributed by atoms with Crippen molar-refractivity contribution in [2.24, 2.45) is 0 Å². The summed E-state index contributed by atoms with van der Waals surface area (Å²) in [5.41, 5.74) is 2.48. The maximum Gasteiger partial charge on any atom is 0.295 e. The van der Waals surface area contributed by atoms with Gasteiger partial charge in [0.2, 0.25) is 0 Å². The molecule has 1 aliphatic rings. The molecule has 3 heterocycles. The number of rotatable bonds is 2. The quantitative estimate of drug-likeness (QED) is 0.708. The number of hydrogen-bond donors (Lipinski definition) is 2. The molecule has 1 atom stereocenters. The van der Waals surface area contributed by atoms with Gasteiger partial charge in [-0.3, -0.25) is 9.78 Å². The van der Waals surface area contributed by atoms with E-state index < -0.39 is 0 Å². The Morgan fingerprint density at radius 1 is 1.00 bits per heavy atom. The second-order valence-corrected chi connectivity index (χ2v) is 5.61. The van der Waals surface area contributed by atoms with E-state index in [0.29, 0.717) is 5.69 Å². The van der Waals surface area contributed by atoms with Gasteiger partial charge in [0, 0.05) is 40.7 Å². The van der Waals surface area contributed by atoms with Crippen molar-refractivity contribution in [3.63, 3.8) is 0 Å². The molecule has 0 radical (unpaired) electrons. The Morgan fingerprint density at radius 3 is 2.50 bits per heavy atom. The van der Waals surface area contributed by atoms with Crippen molar-refractivity contribution >= 4 is 28.0 Å². The van der Waals surface area contributed by atoms with Gasteiger partial charge >= 0.3 is 0 Å². The number of carbonyl (C=O) groups excluding carboxylic acids is 1. The van der Waals surface area contributed by atoms with Gasteiger partial charge in [-0.05, 0) is 12.1 Å². The molecule has 4 rings (SSSR count). The Balaban J connectivity index is 1.91. The summed E-state index contributed by atoms with van der Waals surface area (Å²) >= 11 is 1.03. The number of amides is 1. The van der Waals surface area contributed by atoms with E-state index in [2.05, 4.69) is 25.2 Å². The van der Waals surface area contributed by atoms with Gasteiger partial charge in [0.25, 0.3) is 5.24 Å². The summed E-state index contributed by atoms with van der Waals surface area (Å²) in [6, 6.07) is 11.7. The van der Waals surface area contributed by atoms with E-state index in [1.807, 2.05) is 36.4 Å². The summed E-state index contributed by atoms with van der Waals surface area (Å²) in [6.45, 7) is 0. The molecule has 1 unspecified atom stereocenters. The van der Waals surface area contributed by atoms with Crippen LogP contribution >= 0.6 is 11.9 Å². The Bertz CT molecular complexity index is 855. The highest BCUT2D eigenvalue weighted by atomic mass is 32.2. The smallest absolute Gasteiger partial charge is 0.295 e. The molecule has 2 N–H and O–H groups in total. The summed E-state index contributed by atoms with van der Waals surface area (Å²) < 4.78 is 3.02. The van der Waals surface area contributed by atoms with Gasteiger partial charge in [-0.25, -0.2) is 4.72 Å². The number of pyridine rings is 1. The van der Waals surface area contributed by atoms with E-state index in [9.17, 15) is 4.79 Å². The van der Waals surface area contributed by atoms with E-state index in [-0.39, 0.29) is 11.4 Å². The second kappa shape index (κ2) is 5.36. The van der Waals surface area contributed by atoms with Gasteiger partial charge < -0.3 is 5.32 Å². The minimum Gasteiger partial charge on any atom is -0.324 e. The normalized spacial score (nSPS) is 17.6. The molecule has 6 nitrogen and oxygen atoms in total. The topological polar surface area (TPSA) is 79.8 Å². The standard InChI is InChI=1S/C15H11N5OS/c21-15-17-14(20-22-15)13-11-4-2-1-3-10(11)12(18-19-13)9-5-7-16-8-6-9/h1-8,14,20H,(H,17,21). The SMILES string of the molecule is O=C1NC(c2nnc(-c3ccncc3)c3ccccc23)NS1. The molecule has 108 valence electrons. The molecule has 7 heteroatoms. The number of nitrogens with zero attached hydrogens (tertiary/aromatic N) is 3. The van der Waals surface area contributed by atoms with Crippen molar-refractivity contribution in [1.82, 2.24) is 25.2 Å². The highest BCUT2D eigenvalue weighted by Crippen LogP contribution is 2.30. The Hall–Kier alpha value is -2.51. The molecule has 22 heavy (non-hydrogen) atoms. The number of fused-ring (bicyclic) bond motifs is 1. The Morgan fingerprint density at radius 2 is 1.77 bits per heavy atom. The van der Waals surface area contributed by atoms with Crippen LogP contribution in [0.3, 0.4) is 0 Å². The number of aromatic nitrogens is 3. The van der Waals surface area contributed by atoms with E-state index in [1.54, 1.807) is 12.4 Å². The first-order chi connectivity index (χ1) is 10.8.